The van der Waals surface area contributed by atoms with Gasteiger partial charge in [0.2, 0.25) is 0 Å². The monoisotopic (exact) mass is 351 g/mol. The van der Waals surface area contributed by atoms with Gasteiger partial charge in [0.15, 0.2) is 5.78 Å². The molecule has 0 atom stereocenters. The Morgan fingerprint density at radius 1 is 1.43 bits per heavy atom. The molecule has 0 aliphatic rings. The number of H-pyrrole nitrogens is 1. The van der Waals surface area contributed by atoms with E-state index in [1.807, 2.05) is 36.2 Å². The Morgan fingerprint density at radius 2 is 2.14 bits per heavy atom. The number of halogens is 1. The summed E-state index contributed by atoms with van der Waals surface area (Å²) in [6, 6.07) is 9.04. The molecular weight excluding hydrogens is 338 g/mol. The van der Waals surface area contributed by atoms with Gasteiger partial charge in [-0.3, -0.25) is 19.8 Å². The second-order valence-corrected chi connectivity index (χ2v) is 5.57. The van der Waals surface area contributed by atoms with Crippen LogP contribution in [0.3, 0.4) is 0 Å². The van der Waals surface area contributed by atoms with E-state index < -0.39 is 4.92 Å². The molecule has 0 spiro atoms. The van der Waals surface area contributed by atoms with E-state index in [9.17, 15) is 14.9 Å². The third kappa shape index (κ3) is 3.99. The number of ketones is 1. The minimum atomic E-state index is -0.530. The number of hydrogen-bond donors (Lipinski definition) is 1. The van der Waals surface area contributed by atoms with Crippen LogP contribution in [0.4, 0.5) is 5.69 Å². The van der Waals surface area contributed by atoms with Crippen LogP contribution in [-0.4, -0.2) is 34.2 Å². The molecule has 0 unspecified atom stereocenters. The number of Topliss-reactive ketones (excluding diaryl/α,β-unsaturated/α-hetero) is 1. The lowest BCUT2D eigenvalue weighted by Gasteiger charge is -2.16. The molecule has 1 heterocycles. The number of benzene rings is 1. The third-order valence-electron chi connectivity index (χ3n) is 2.99. The third-order valence-corrected chi connectivity index (χ3v) is 3.76. The van der Waals surface area contributed by atoms with Gasteiger partial charge in [0, 0.05) is 17.1 Å². The normalized spacial score (nSPS) is 10.8. The molecule has 0 saturated heterocycles. The van der Waals surface area contributed by atoms with E-state index in [1.165, 1.54) is 12.3 Å². The number of nitrogens with zero attached hydrogens (tertiary/aromatic N) is 2. The van der Waals surface area contributed by atoms with E-state index in [0.29, 0.717) is 6.54 Å². The van der Waals surface area contributed by atoms with Crippen LogP contribution in [0.5, 0.6) is 0 Å². The second kappa shape index (κ2) is 6.64. The van der Waals surface area contributed by atoms with Crippen LogP contribution < -0.4 is 0 Å². The number of nitrogens with one attached hydrogen (secondary N) is 1. The Morgan fingerprint density at radius 3 is 2.76 bits per heavy atom. The highest BCUT2D eigenvalue weighted by atomic mass is 79.9. The summed E-state index contributed by atoms with van der Waals surface area (Å²) >= 11 is 3.46. The fourth-order valence-corrected chi connectivity index (χ4v) is 2.36. The van der Waals surface area contributed by atoms with Crippen molar-refractivity contribution in [3.05, 3.63) is 62.4 Å². The van der Waals surface area contributed by atoms with Gasteiger partial charge >= 0.3 is 0 Å². The van der Waals surface area contributed by atoms with Crippen LogP contribution in [0.2, 0.25) is 0 Å². The number of carbonyl (C=O) groups excluding carboxylic acids is 1. The van der Waals surface area contributed by atoms with E-state index in [2.05, 4.69) is 20.9 Å². The largest absolute Gasteiger partial charge is 0.353 e. The van der Waals surface area contributed by atoms with E-state index in [0.717, 1.165) is 10.0 Å². The highest BCUT2D eigenvalue weighted by Gasteiger charge is 2.16. The molecule has 0 aliphatic carbocycles. The fourth-order valence-electron chi connectivity index (χ4n) is 1.95. The zero-order valence-corrected chi connectivity index (χ0v) is 13.0. The van der Waals surface area contributed by atoms with Crippen LogP contribution >= 0.6 is 15.9 Å². The average molecular weight is 352 g/mol. The van der Waals surface area contributed by atoms with Crippen LogP contribution in [-0.2, 0) is 6.54 Å². The molecule has 0 saturated carbocycles. The standard InChI is InChI=1S/C14H14BrN3O3/c1-17(8-10-4-2-3-5-12(10)15)9-14(19)13-6-11(7-16-13)18(20)21/h2-7,16H,8-9H2,1H3. The lowest BCUT2D eigenvalue weighted by atomic mass is 10.2. The zero-order valence-electron chi connectivity index (χ0n) is 11.4. The summed E-state index contributed by atoms with van der Waals surface area (Å²) in [7, 11) is 1.83. The van der Waals surface area contributed by atoms with Gasteiger partial charge < -0.3 is 4.98 Å². The molecule has 0 aliphatic heterocycles. The first kappa shape index (κ1) is 15.4. The van der Waals surface area contributed by atoms with Gasteiger partial charge in [-0.1, -0.05) is 34.1 Å². The first-order valence-corrected chi connectivity index (χ1v) is 7.04. The molecule has 1 aromatic carbocycles. The second-order valence-electron chi connectivity index (χ2n) is 4.72. The number of carbonyl (C=O) groups is 1. The molecule has 1 N–H and O–H groups in total. The molecule has 6 nitrogen and oxygen atoms in total. The van der Waals surface area contributed by atoms with Crippen molar-refractivity contribution in [2.24, 2.45) is 0 Å². The summed E-state index contributed by atoms with van der Waals surface area (Å²) in [6.45, 7) is 0.787. The molecule has 0 amide bonds. The number of rotatable bonds is 6. The number of nitro groups is 1. The van der Waals surface area contributed by atoms with Crippen LogP contribution in [0.15, 0.2) is 41.0 Å². The first-order valence-electron chi connectivity index (χ1n) is 6.25. The predicted octanol–water partition coefficient (Wildman–Crippen LogP) is 3.00. The maximum Gasteiger partial charge on any atom is 0.287 e. The zero-order chi connectivity index (χ0) is 15.4. The molecular formula is C14H14BrN3O3. The number of hydrogen-bond acceptors (Lipinski definition) is 4. The summed E-state index contributed by atoms with van der Waals surface area (Å²) in [5, 5.41) is 10.6. The Labute approximate surface area is 130 Å². The molecule has 110 valence electrons. The van der Waals surface area contributed by atoms with Crippen molar-refractivity contribution in [1.82, 2.24) is 9.88 Å². The minimum Gasteiger partial charge on any atom is -0.353 e. The van der Waals surface area contributed by atoms with Crippen molar-refractivity contribution < 1.29 is 9.72 Å². The highest BCUT2D eigenvalue weighted by molar-refractivity contribution is 9.10. The van der Waals surface area contributed by atoms with E-state index in [4.69, 9.17) is 0 Å². The van der Waals surface area contributed by atoms with Crippen molar-refractivity contribution in [2.75, 3.05) is 13.6 Å². The maximum absolute atomic E-state index is 12.1. The Kier molecular flexibility index (Phi) is 4.87. The van der Waals surface area contributed by atoms with E-state index >= 15 is 0 Å². The minimum absolute atomic E-state index is 0.105. The van der Waals surface area contributed by atoms with Gasteiger partial charge in [0.25, 0.3) is 5.69 Å². The first-order chi connectivity index (χ1) is 9.97. The van der Waals surface area contributed by atoms with Gasteiger partial charge in [-0.25, -0.2) is 0 Å². The summed E-state index contributed by atoms with van der Waals surface area (Å²) < 4.78 is 0.986. The predicted molar refractivity (Wildman–Crippen MR) is 82.3 cm³/mol. The van der Waals surface area contributed by atoms with Crippen molar-refractivity contribution in [3.63, 3.8) is 0 Å². The van der Waals surface area contributed by atoms with E-state index in [1.54, 1.807) is 0 Å². The topological polar surface area (TPSA) is 79.2 Å². The lowest BCUT2D eigenvalue weighted by Crippen LogP contribution is -2.26. The SMILES string of the molecule is CN(CC(=O)c1cc([N+](=O)[O-])c[nH]1)Cc1ccccc1Br. The molecule has 0 bridgehead atoms. The van der Waals surface area contributed by atoms with Gasteiger partial charge in [-0.15, -0.1) is 0 Å². The lowest BCUT2D eigenvalue weighted by molar-refractivity contribution is -0.384. The molecule has 2 rings (SSSR count). The average Bonchev–Trinajstić information content (AvgIpc) is 2.91. The number of likely N-dealkylation sites (N-methyl/N-ethyl adjacent to an activating group) is 1. The smallest absolute Gasteiger partial charge is 0.287 e. The number of aromatic amines is 1. The fraction of sp³-hybridized carbons (Fsp3) is 0.214. The maximum atomic E-state index is 12.1. The Hall–Kier alpha value is -1.99. The molecule has 0 fully saturated rings. The van der Waals surface area contributed by atoms with Crippen LogP contribution in [0.1, 0.15) is 16.1 Å². The Bertz CT molecular complexity index is 669. The highest BCUT2D eigenvalue weighted by Crippen LogP contribution is 2.18. The molecule has 2 aromatic rings. The van der Waals surface area contributed by atoms with Gasteiger partial charge in [0.1, 0.15) is 0 Å². The van der Waals surface area contributed by atoms with Crippen molar-refractivity contribution in [2.45, 2.75) is 6.54 Å². The van der Waals surface area contributed by atoms with Gasteiger partial charge in [-0.2, -0.15) is 0 Å². The molecule has 21 heavy (non-hydrogen) atoms. The molecule has 1 aromatic heterocycles. The quantitative estimate of drug-likeness (QED) is 0.492. The van der Waals surface area contributed by atoms with Gasteiger partial charge in [0.05, 0.1) is 23.4 Å². The van der Waals surface area contributed by atoms with Crippen molar-refractivity contribution in [3.8, 4) is 0 Å². The summed E-state index contributed by atoms with van der Waals surface area (Å²) in [4.78, 5) is 26.6. The van der Waals surface area contributed by atoms with Gasteiger partial charge in [-0.05, 0) is 18.7 Å². The van der Waals surface area contributed by atoms with Crippen LogP contribution in [0, 0.1) is 10.1 Å². The van der Waals surface area contributed by atoms with E-state index in [-0.39, 0.29) is 23.7 Å². The number of aromatic nitrogens is 1. The molecule has 7 heteroatoms. The Balaban J connectivity index is 1.98. The van der Waals surface area contributed by atoms with Crippen LogP contribution in [0.25, 0.3) is 0 Å². The summed E-state index contributed by atoms with van der Waals surface area (Å²) in [6.07, 6.45) is 1.22. The van der Waals surface area contributed by atoms with Crippen molar-refractivity contribution >= 4 is 27.4 Å². The van der Waals surface area contributed by atoms with Crippen molar-refractivity contribution in [1.29, 1.82) is 0 Å². The summed E-state index contributed by atoms with van der Waals surface area (Å²) in [5.74, 6) is -0.183. The molecule has 0 radical (unpaired) electrons. The summed E-state index contributed by atoms with van der Waals surface area (Å²) in [5.41, 5.74) is 1.22.